The summed E-state index contributed by atoms with van der Waals surface area (Å²) < 4.78 is 12.7. The Balaban J connectivity index is 1.17. The molecule has 1 unspecified atom stereocenters. The van der Waals surface area contributed by atoms with Crippen LogP contribution in [0.5, 0.6) is 11.8 Å². The number of aliphatic hydroxyl groups excluding tert-OH is 1. The van der Waals surface area contributed by atoms with E-state index in [9.17, 15) is 15.0 Å². The van der Waals surface area contributed by atoms with Crippen LogP contribution in [0.3, 0.4) is 0 Å². The number of aryl methyl sites for hydroxylation is 1. The molecule has 0 amide bonds. The van der Waals surface area contributed by atoms with Crippen LogP contribution in [0.1, 0.15) is 58.4 Å². The van der Waals surface area contributed by atoms with Crippen molar-refractivity contribution >= 4 is 29.2 Å². The van der Waals surface area contributed by atoms with Crippen LogP contribution in [0.4, 0.5) is 0 Å². The first-order valence-corrected chi connectivity index (χ1v) is 18.1. The molecule has 9 nitrogen and oxygen atoms in total. The summed E-state index contributed by atoms with van der Waals surface area (Å²) in [6, 6.07) is 22.7. The van der Waals surface area contributed by atoms with E-state index in [1.54, 1.807) is 18.5 Å². The van der Waals surface area contributed by atoms with Crippen molar-refractivity contribution in [2.75, 3.05) is 6.61 Å². The van der Waals surface area contributed by atoms with Gasteiger partial charge in [-0.3, -0.25) is 15.1 Å². The lowest BCUT2D eigenvalue weighted by Gasteiger charge is -2.24. The van der Waals surface area contributed by atoms with Gasteiger partial charge in [-0.25, -0.2) is 0 Å². The van der Waals surface area contributed by atoms with Gasteiger partial charge in [-0.1, -0.05) is 77.8 Å². The molecule has 0 saturated heterocycles. The normalized spacial score (nSPS) is 17.3. The maximum absolute atomic E-state index is 11.8. The minimum Gasteiger partial charge on any atom is -0.480 e. The molecule has 3 aromatic carbocycles. The second-order valence-electron chi connectivity index (χ2n) is 13.9. The zero-order valence-corrected chi connectivity index (χ0v) is 30.5. The second kappa shape index (κ2) is 14.8. The zero-order chi connectivity index (χ0) is 36.6. The van der Waals surface area contributed by atoms with Gasteiger partial charge in [-0.2, -0.15) is 4.98 Å². The van der Waals surface area contributed by atoms with Crippen molar-refractivity contribution in [3.05, 3.63) is 128 Å². The van der Waals surface area contributed by atoms with Gasteiger partial charge in [0.15, 0.2) is 0 Å². The lowest BCUT2D eigenvalue weighted by molar-refractivity contribution is -0.145. The number of aromatic nitrogens is 2. The molecule has 268 valence electrons. The van der Waals surface area contributed by atoms with E-state index >= 15 is 0 Å². The van der Waals surface area contributed by atoms with E-state index in [1.165, 1.54) is 18.1 Å². The maximum atomic E-state index is 11.8. The summed E-state index contributed by atoms with van der Waals surface area (Å²) in [5.41, 5.74) is 15.8. The van der Waals surface area contributed by atoms with Crippen LogP contribution in [0.25, 0.3) is 22.3 Å². The number of aliphatic carboxylic acids is 1. The molecule has 0 radical (unpaired) electrons. The molecular formula is C41H40Cl2N4O5. The quantitative estimate of drug-likeness (QED) is 0.103. The number of benzene rings is 3. The Hall–Kier alpha value is -4.51. The molecule has 5 aromatic rings. The third-order valence-electron chi connectivity index (χ3n) is 9.99. The van der Waals surface area contributed by atoms with Crippen LogP contribution in [-0.4, -0.2) is 44.3 Å². The highest BCUT2D eigenvalue weighted by molar-refractivity contribution is 6.36. The van der Waals surface area contributed by atoms with Gasteiger partial charge in [0.25, 0.3) is 0 Å². The van der Waals surface area contributed by atoms with E-state index < -0.39 is 18.1 Å². The summed E-state index contributed by atoms with van der Waals surface area (Å²) in [6.07, 6.45) is 6.39. The van der Waals surface area contributed by atoms with E-state index in [-0.39, 0.29) is 42.1 Å². The largest absolute Gasteiger partial charge is 0.480 e. The Morgan fingerprint density at radius 2 is 1.77 bits per heavy atom. The Labute approximate surface area is 312 Å². The van der Waals surface area contributed by atoms with Crippen molar-refractivity contribution in [2.45, 2.75) is 70.4 Å². The van der Waals surface area contributed by atoms with Crippen LogP contribution in [0.2, 0.25) is 10.0 Å². The predicted octanol–water partition coefficient (Wildman–Crippen LogP) is 7.42. The van der Waals surface area contributed by atoms with Crippen molar-refractivity contribution in [3.63, 3.8) is 0 Å². The van der Waals surface area contributed by atoms with Crippen molar-refractivity contribution < 1.29 is 24.5 Å². The van der Waals surface area contributed by atoms with Gasteiger partial charge < -0.3 is 25.4 Å². The van der Waals surface area contributed by atoms with Gasteiger partial charge in [0.2, 0.25) is 11.8 Å². The number of aliphatic hydroxyl groups is 1. The standard InChI is InChI=1S/C41H40Cl2N4O5/c1-23-13-24(19-45-18-23)21-51-38-28(20-46-41(2,22-48)40(49)50)17-35(42)39(47-38)52-36-12-11-32-31(6-4-7-33(32)36)34-8-3-5-30(37(34)43)26-10-9-25-15-29(44)16-27(25)14-26/h3-10,13-14,17-19,29,36,46,48H,11-12,15-16,20-22,44H2,1-2H3,(H,49,50)/t29-,36-,41?/m0/s1. The summed E-state index contributed by atoms with van der Waals surface area (Å²) in [5, 5.41) is 23.3. The number of nitrogens with zero attached hydrogens (tertiary/aromatic N) is 2. The van der Waals surface area contributed by atoms with Crippen LogP contribution in [-0.2, 0) is 37.2 Å². The Bertz CT molecular complexity index is 2160. The van der Waals surface area contributed by atoms with Crippen LogP contribution in [0, 0.1) is 6.92 Å². The molecular weight excluding hydrogens is 699 g/mol. The number of rotatable bonds is 12. The number of ether oxygens (including phenoxy) is 2. The molecule has 2 heterocycles. The van der Waals surface area contributed by atoms with E-state index in [1.807, 2.05) is 25.1 Å². The fourth-order valence-corrected chi connectivity index (χ4v) is 7.63. The molecule has 2 aromatic heterocycles. The first-order chi connectivity index (χ1) is 25.0. The molecule has 3 atom stereocenters. The van der Waals surface area contributed by atoms with Crippen molar-refractivity contribution in [1.29, 1.82) is 0 Å². The minimum absolute atomic E-state index is 0.0200. The molecule has 0 bridgehead atoms. The van der Waals surface area contributed by atoms with E-state index in [0.29, 0.717) is 17.0 Å². The summed E-state index contributed by atoms with van der Waals surface area (Å²) in [6.45, 7) is 2.92. The topological polar surface area (TPSA) is 140 Å². The van der Waals surface area contributed by atoms with Gasteiger partial charge in [-0.15, -0.1) is 0 Å². The smallest absolute Gasteiger partial charge is 0.326 e. The first-order valence-electron chi connectivity index (χ1n) is 17.3. The maximum Gasteiger partial charge on any atom is 0.326 e. The third-order valence-corrected chi connectivity index (χ3v) is 10.7. The summed E-state index contributed by atoms with van der Waals surface area (Å²) in [4.78, 5) is 20.8. The van der Waals surface area contributed by atoms with E-state index in [4.69, 9.17) is 43.4 Å². The number of carboxylic acids is 1. The van der Waals surface area contributed by atoms with E-state index in [0.717, 1.165) is 63.8 Å². The molecule has 5 N–H and O–H groups in total. The molecule has 0 saturated carbocycles. The SMILES string of the molecule is Cc1cncc(COc2nc(O[C@H]3CCc4c(-c5cccc(-c6ccc7c(c6)C[C@@H](N)C7)c5Cl)cccc43)c(Cl)cc2CNC(C)(CO)C(=O)O)c1. The minimum atomic E-state index is -1.58. The number of nitrogens with one attached hydrogen (secondary N) is 1. The number of nitrogens with two attached hydrogens (primary N) is 1. The Morgan fingerprint density at radius 1 is 1.00 bits per heavy atom. The number of fused-ring (bicyclic) bond motifs is 2. The van der Waals surface area contributed by atoms with Gasteiger partial charge in [0, 0.05) is 47.2 Å². The van der Waals surface area contributed by atoms with Gasteiger partial charge in [0.1, 0.15) is 23.3 Å². The van der Waals surface area contributed by atoms with Gasteiger partial charge >= 0.3 is 5.97 Å². The average Bonchev–Trinajstić information content (AvgIpc) is 3.72. The number of pyridine rings is 2. The van der Waals surface area contributed by atoms with Crippen molar-refractivity contribution in [3.8, 4) is 34.0 Å². The highest BCUT2D eigenvalue weighted by Gasteiger charge is 2.33. The van der Waals surface area contributed by atoms with E-state index in [2.05, 4.69) is 52.8 Å². The van der Waals surface area contributed by atoms with Crippen molar-refractivity contribution in [1.82, 2.24) is 15.3 Å². The lowest BCUT2D eigenvalue weighted by atomic mass is 9.93. The Kier molecular flexibility index (Phi) is 10.2. The lowest BCUT2D eigenvalue weighted by Crippen LogP contribution is -2.52. The molecule has 52 heavy (non-hydrogen) atoms. The summed E-state index contributed by atoms with van der Waals surface area (Å²) in [5.74, 6) is -0.767. The molecule has 2 aliphatic rings. The predicted molar refractivity (Wildman–Crippen MR) is 202 cm³/mol. The zero-order valence-electron chi connectivity index (χ0n) is 29.0. The summed E-state index contributed by atoms with van der Waals surface area (Å²) >= 11 is 14.0. The number of carboxylic acid groups (broad SMARTS) is 1. The molecule has 11 heteroatoms. The average molecular weight is 740 g/mol. The first kappa shape index (κ1) is 35.9. The fourth-order valence-electron chi connectivity index (χ4n) is 7.07. The van der Waals surface area contributed by atoms with Crippen LogP contribution < -0.4 is 20.5 Å². The molecule has 2 aliphatic carbocycles. The monoisotopic (exact) mass is 738 g/mol. The molecule has 0 spiro atoms. The number of hydrogen-bond acceptors (Lipinski definition) is 8. The fraction of sp³-hybridized carbons (Fsp3) is 0.293. The van der Waals surface area contributed by atoms with Crippen LogP contribution in [0.15, 0.2) is 79.1 Å². The molecule has 0 fully saturated rings. The number of halogens is 2. The second-order valence-corrected chi connectivity index (χ2v) is 14.7. The third kappa shape index (κ3) is 7.24. The molecule has 7 rings (SSSR count). The highest BCUT2D eigenvalue weighted by atomic mass is 35.5. The number of hydrogen-bond donors (Lipinski definition) is 4. The van der Waals surface area contributed by atoms with Gasteiger partial charge in [0.05, 0.1) is 11.6 Å². The number of carbonyl (C=O) groups is 1. The van der Waals surface area contributed by atoms with Crippen molar-refractivity contribution in [2.24, 2.45) is 5.73 Å². The van der Waals surface area contributed by atoms with Gasteiger partial charge in [-0.05, 0) is 90.6 Å². The Morgan fingerprint density at radius 3 is 2.56 bits per heavy atom. The molecule has 0 aliphatic heterocycles. The highest BCUT2D eigenvalue weighted by Crippen LogP contribution is 2.45. The van der Waals surface area contributed by atoms with Crippen LogP contribution >= 0.6 is 23.2 Å². The summed E-state index contributed by atoms with van der Waals surface area (Å²) in [7, 11) is 0.